The van der Waals surface area contributed by atoms with E-state index in [0.717, 1.165) is 18.5 Å². The highest BCUT2D eigenvalue weighted by atomic mass is 19.1. The third kappa shape index (κ3) is 2.84. The van der Waals surface area contributed by atoms with E-state index in [1.54, 1.807) is 36.2 Å². The van der Waals surface area contributed by atoms with Crippen LogP contribution in [0, 0.1) is 5.82 Å². The van der Waals surface area contributed by atoms with Crippen LogP contribution in [0.3, 0.4) is 0 Å². The molecule has 3 rings (SSSR count). The van der Waals surface area contributed by atoms with Gasteiger partial charge in [0, 0.05) is 19.2 Å². The van der Waals surface area contributed by atoms with E-state index < -0.39 is 0 Å². The molecular weight excluding hydrogens is 271 g/mol. The highest BCUT2D eigenvalue weighted by molar-refractivity contribution is 5.86. The maximum Gasteiger partial charge on any atom is 0.244 e. The average molecular weight is 286 g/mol. The summed E-state index contributed by atoms with van der Waals surface area (Å²) in [6.07, 6.45) is 0.761. The topological polar surface area (TPSA) is 58.1 Å². The second-order valence-corrected chi connectivity index (χ2v) is 5.06. The van der Waals surface area contributed by atoms with Gasteiger partial charge in [-0.15, -0.1) is 10.2 Å². The maximum atomic E-state index is 12.9. The van der Waals surface area contributed by atoms with Crippen molar-refractivity contribution >= 4 is 11.7 Å². The Bertz CT molecular complexity index is 642. The number of likely N-dealkylation sites (tertiary alicyclic amines) is 1. The second-order valence-electron chi connectivity index (χ2n) is 5.06. The van der Waals surface area contributed by atoms with Gasteiger partial charge in [-0.25, -0.2) is 4.39 Å². The van der Waals surface area contributed by atoms with E-state index in [1.165, 1.54) is 12.1 Å². The lowest BCUT2D eigenvalue weighted by Gasteiger charge is -2.12. The van der Waals surface area contributed by atoms with Gasteiger partial charge in [0.05, 0.1) is 5.69 Å². The number of aromatic nitrogens is 2. The van der Waals surface area contributed by atoms with Gasteiger partial charge in [0.25, 0.3) is 0 Å². The summed E-state index contributed by atoms with van der Waals surface area (Å²) in [7, 11) is 1.79. The first-order chi connectivity index (χ1) is 10.1. The van der Waals surface area contributed by atoms with Crippen LogP contribution in [-0.4, -0.2) is 40.6 Å². The zero-order valence-electron chi connectivity index (χ0n) is 11.6. The second kappa shape index (κ2) is 5.47. The molecular formula is C15H15FN4O. The molecule has 6 heteroatoms. The summed E-state index contributed by atoms with van der Waals surface area (Å²) in [6, 6.07) is 9.42. The number of nitrogens with one attached hydrogen (secondary N) is 1. The molecule has 2 heterocycles. The van der Waals surface area contributed by atoms with E-state index in [9.17, 15) is 9.18 Å². The van der Waals surface area contributed by atoms with Crippen LogP contribution < -0.4 is 5.32 Å². The first-order valence-corrected chi connectivity index (χ1v) is 6.75. The van der Waals surface area contributed by atoms with Crippen molar-refractivity contribution in [3.63, 3.8) is 0 Å². The van der Waals surface area contributed by atoms with Crippen LogP contribution in [0.4, 0.5) is 10.2 Å². The summed E-state index contributed by atoms with van der Waals surface area (Å²) in [6.45, 7) is 0.748. The lowest BCUT2D eigenvalue weighted by Crippen LogP contribution is -2.31. The first kappa shape index (κ1) is 13.5. The smallest absolute Gasteiger partial charge is 0.244 e. The van der Waals surface area contributed by atoms with E-state index in [2.05, 4.69) is 15.5 Å². The van der Waals surface area contributed by atoms with E-state index >= 15 is 0 Å². The summed E-state index contributed by atoms with van der Waals surface area (Å²) in [5.41, 5.74) is 1.46. The fourth-order valence-electron chi connectivity index (χ4n) is 2.32. The molecule has 0 saturated carbocycles. The van der Waals surface area contributed by atoms with Crippen molar-refractivity contribution in [1.82, 2.24) is 15.1 Å². The molecule has 1 amide bonds. The SMILES string of the molecule is CN1CCC(Nc2ccc(-c3ccc(F)cc3)nn2)C1=O. The number of anilines is 1. The van der Waals surface area contributed by atoms with Crippen LogP contribution in [0.15, 0.2) is 36.4 Å². The van der Waals surface area contributed by atoms with Gasteiger partial charge in [-0.2, -0.15) is 0 Å². The standard InChI is InChI=1S/C15H15FN4O/c1-20-9-8-13(15(20)21)17-14-7-6-12(18-19-14)10-2-4-11(16)5-3-10/h2-7,13H,8-9H2,1H3,(H,17,19). The predicted octanol–water partition coefficient (Wildman–Crippen LogP) is 1.93. The molecule has 1 aliphatic heterocycles. The third-order valence-corrected chi connectivity index (χ3v) is 3.55. The van der Waals surface area contributed by atoms with Gasteiger partial charge in [-0.1, -0.05) is 0 Å². The van der Waals surface area contributed by atoms with Gasteiger partial charge < -0.3 is 10.2 Å². The van der Waals surface area contributed by atoms with Crippen LogP contribution in [0.1, 0.15) is 6.42 Å². The van der Waals surface area contributed by atoms with Crippen molar-refractivity contribution in [3.05, 3.63) is 42.2 Å². The number of nitrogens with zero attached hydrogens (tertiary/aromatic N) is 3. The van der Waals surface area contributed by atoms with Crippen molar-refractivity contribution in [2.45, 2.75) is 12.5 Å². The van der Waals surface area contributed by atoms with Crippen LogP contribution in [0.5, 0.6) is 0 Å². The number of carbonyl (C=O) groups excluding carboxylic acids is 1. The Morgan fingerprint density at radius 3 is 2.52 bits per heavy atom. The zero-order chi connectivity index (χ0) is 14.8. The minimum Gasteiger partial charge on any atom is -0.357 e. The Morgan fingerprint density at radius 1 is 1.19 bits per heavy atom. The Morgan fingerprint density at radius 2 is 1.95 bits per heavy atom. The Labute approximate surface area is 121 Å². The number of hydrogen-bond acceptors (Lipinski definition) is 4. The molecule has 1 atom stereocenters. The molecule has 1 aliphatic rings. The first-order valence-electron chi connectivity index (χ1n) is 6.75. The maximum absolute atomic E-state index is 12.9. The zero-order valence-corrected chi connectivity index (χ0v) is 11.6. The number of halogens is 1. The third-order valence-electron chi connectivity index (χ3n) is 3.55. The van der Waals surface area contributed by atoms with Crippen molar-refractivity contribution in [2.24, 2.45) is 0 Å². The lowest BCUT2D eigenvalue weighted by atomic mass is 10.1. The van der Waals surface area contributed by atoms with E-state index in [-0.39, 0.29) is 17.8 Å². The minimum absolute atomic E-state index is 0.0689. The Hall–Kier alpha value is -2.50. The molecule has 1 unspecified atom stereocenters. The van der Waals surface area contributed by atoms with Gasteiger partial charge in [0.15, 0.2) is 0 Å². The number of rotatable bonds is 3. The van der Waals surface area contributed by atoms with Crippen molar-refractivity contribution in [2.75, 3.05) is 18.9 Å². The van der Waals surface area contributed by atoms with Crippen molar-refractivity contribution in [1.29, 1.82) is 0 Å². The molecule has 2 aromatic rings. The normalized spacial score (nSPS) is 18.1. The van der Waals surface area contributed by atoms with Crippen LogP contribution in [0.25, 0.3) is 11.3 Å². The molecule has 0 bridgehead atoms. The van der Waals surface area contributed by atoms with E-state index in [0.29, 0.717) is 11.5 Å². The molecule has 1 fully saturated rings. The average Bonchev–Trinajstić information content (AvgIpc) is 2.81. The number of amides is 1. The fourth-order valence-corrected chi connectivity index (χ4v) is 2.32. The summed E-state index contributed by atoms with van der Waals surface area (Å²) in [5.74, 6) is 0.350. The molecule has 1 aromatic carbocycles. The van der Waals surface area contributed by atoms with Crippen LogP contribution >= 0.6 is 0 Å². The van der Waals surface area contributed by atoms with Crippen molar-refractivity contribution in [3.8, 4) is 11.3 Å². The summed E-state index contributed by atoms with van der Waals surface area (Å²) in [4.78, 5) is 13.5. The largest absolute Gasteiger partial charge is 0.357 e. The number of benzene rings is 1. The summed E-state index contributed by atoms with van der Waals surface area (Å²) in [5, 5.41) is 11.3. The van der Waals surface area contributed by atoms with Gasteiger partial charge >= 0.3 is 0 Å². The highest BCUT2D eigenvalue weighted by Gasteiger charge is 2.29. The highest BCUT2D eigenvalue weighted by Crippen LogP contribution is 2.19. The van der Waals surface area contributed by atoms with Crippen molar-refractivity contribution < 1.29 is 9.18 Å². The van der Waals surface area contributed by atoms with Gasteiger partial charge in [0.1, 0.15) is 17.7 Å². The molecule has 1 aromatic heterocycles. The van der Waals surface area contributed by atoms with Gasteiger partial charge in [0.2, 0.25) is 5.91 Å². The van der Waals surface area contributed by atoms with E-state index in [1.807, 2.05) is 0 Å². The molecule has 1 N–H and O–H groups in total. The quantitative estimate of drug-likeness (QED) is 0.936. The molecule has 21 heavy (non-hydrogen) atoms. The molecule has 0 aliphatic carbocycles. The minimum atomic E-state index is -0.283. The Kier molecular flexibility index (Phi) is 3.51. The molecule has 1 saturated heterocycles. The lowest BCUT2D eigenvalue weighted by molar-refractivity contribution is -0.127. The molecule has 0 radical (unpaired) electrons. The molecule has 5 nitrogen and oxygen atoms in total. The number of hydrogen-bond donors (Lipinski definition) is 1. The summed E-state index contributed by atoms with van der Waals surface area (Å²) < 4.78 is 12.9. The van der Waals surface area contributed by atoms with Gasteiger partial charge in [-0.3, -0.25) is 4.79 Å². The molecule has 0 spiro atoms. The van der Waals surface area contributed by atoms with E-state index in [4.69, 9.17) is 0 Å². The Balaban J connectivity index is 1.72. The van der Waals surface area contributed by atoms with Crippen LogP contribution in [0.2, 0.25) is 0 Å². The predicted molar refractivity (Wildman–Crippen MR) is 77.1 cm³/mol. The summed E-state index contributed by atoms with van der Waals surface area (Å²) >= 11 is 0. The monoisotopic (exact) mass is 286 g/mol. The van der Waals surface area contributed by atoms with Gasteiger partial charge in [-0.05, 0) is 42.8 Å². The number of likely N-dealkylation sites (N-methyl/N-ethyl adjacent to an activating group) is 1. The fraction of sp³-hybridized carbons (Fsp3) is 0.267. The number of carbonyl (C=O) groups is 1. The molecule has 108 valence electrons. The van der Waals surface area contributed by atoms with Crippen LogP contribution in [-0.2, 0) is 4.79 Å².